The normalized spacial score (nSPS) is 16.7. The van der Waals surface area contributed by atoms with Crippen LogP contribution in [0.3, 0.4) is 0 Å². The summed E-state index contributed by atoms with van der Waals surface area (Å²) in [6.45, 7) is 2.70. The molecule has 0 atom stereocenters. The maximum atomic E-state index is 14.2. The first-order valence-electron chi connectivity index (χ1n) is 13.4. The van der Waals surface area contributed by atoms with Crippen molar-refractivity contribution in [3.63, 3.8) is 0 Å². The molecule has 0 spiro atoms. The van der Waals surface area contributed by atoms with E-state index in [1.807, 2.05) is 7.05 Å². The molecule has 5 rings (SSSR count). The molecule has 1 fully saturated rings. The van der Waals surface area contributed by atoms with Gasteiger partial charge in [-0.25, -0.2) is 19.1 Å². The van der Waals surface area contributed by atoms with Gasteiger partial charge in [0.1, 0.15) is 12.0 Å². The van der Waals surface area contributed by atoms with E-state index in [-0.39, 0.29) is 41.2 Å². The van der Waals surface area contributed by atoms with E-state index in [9.17, 15) is 28.7 Å². The van der Waals surface area contributed by atoms with E-state index >= 15 is 0 Å². The van der Waals surface area contributed by atoms with Gasteiger partial charge in [0.05, 0.1) is 11.6 Å². The van der Waals surface area contributed by atoms with Gasteiger partial charge in [0.15, 0.2) is 11.6 Å². The number of carbonyl (C=O) groups excluding carboxylic acids is 4. The Balaban J connectivity index is 1.37. The lowest BCUT2D eigenvalue weighted by Gasteiger charge is -2.32. The molecule has 0 bridgehead atoms. The van der Waals surface area contributed by atoms with Crippen molar-refractivity contribution in [1.29, 1.82) is 0 Å². The largest absolute Gasteiger partial charge is 0.499 e. The van der Waals surface area contributed by atoms with Crippen molar-refractivity contribution in [3.8, 4) is 0 Å². The molecule has 1 saturated heterocycles. The maximum absolute atomic E-state index is 14.2. The Morgan fingerprint density at radius 2 is 1.86 bits per heavy atom. The van der Waals surface area contributed by atoms with E-state index in [1.54, 1.807) is 4.90 Å². The first-order chi connectivity index (χ1) is 20.4. The number of nitrogens with zero attached hydrogens (tertiary/aromatic N) is 8. The van der Waals surface area contributed by atoms with Crippen LogP contribution in [-0.4, -0.2) is 131 Å². The minimum Gasteiger partial charge on any atom is -0.499 e. The number of guanidine groups is 1. The molecule has 0 saturated carbocycles. The van der Waals surface area contributed by atoms with Crippen LogP contribution in [0.15, 0.2) is 41.3 Å². The number of benzene rings is 1. The summed E-state index contributed by atoms with van der Waals surface area (Å²) in [6, 6.07) is 3.94. The van der Waals surface area contributed by atoms with Gasteiger partial charge in [-0.3, -0.25) is 14.4 Å². The van der Waals surface area contributed by atoms with Crippen LogP contribution >= 0.6 is 11.3 Å². The summed E-state index contributed by atoms with van der Waals surface area (Å²) in [5.74, 6) is -0.786. The number of hydrogen-bond donors (Lipinski definition) is 1. The van der Waals surface area contributed by atoms with Crippen molar-refractivity contribution >= 4 is 58.2 Å². The molecule has 0 aliphatic carbocycles. The molecule has 0 unspecified atom stereocenters. The van der Waals surface area contributed by atoms with Gasteiger partial charge in [-0.2, -0.15) is 0 Å². The van der Waals surface area contributed by atoms with Gasteiger partial charge in [0, 0.05) is 64.8 Å². The summed E-state index contributed by atoms with van der Waals surface area (Å²) >= 11 is 1.15. The van der Waals surface area contributed by atoms with Crippen molar-refractivity contribution in [2.75, 3.05) is 65.8 Å². The number of thiazole rings is 1. The smallest absolute Gasteiger partial charge is 0.416 e. The van der Waals surface area contributed by atoms with Gasteiger partial charge in [-0.15, -0.1) is 15.9 Å². The van der Waals surface area contributed by atoms with E-state index < -0.39 is 29.3 Å². The van der Waals surface area contributed by atoms with Crippen LogP contribution in [0.4, 0.5) is 10.1 Å². The highest BCUT2D eigenvalue weighted by molar-refractivity contribution is 7.12. The predicted molar refractivity (Wildman–Crippen MR) is 156 cm³/mol. The van der Waals surface area contributed by atoms with Crippen molar-refractivity contribution in [3.05, 3.63) is 57.6 Å². The second-order valence-corrected chi connectivity index (χ2v) is 11.6. The van der Waals surface area contributed by atoms with E-state index in [2.05, 4.69) is 20.7 Å². The van der Waals surface area contributed by atoms with Crippen molar-refractivity contribution in [1.82, 2.24) is 24.6 Å². The number of anilines is 1. The Morgan fingerprint density at radius 3 is 2.56 bits per heavy atom. The van der Waals surface area contributed by atoms with Gasteiger partial charge in [0.2, 0.25) is 11.5 Å². The fourth-order valence-corrected chi connectivity index (χ4v) is 5.62. The van der Waals surface area contributed by atoms with Crippen molar-refractivity contribution in [2.45, 2.75) is 6.42 Å². The summed E-state index contributed by atoms with van der Waals surface area (Å²) in [5.41, 5.74) is 0.719. The Bertz CT molecular complexity index is 1650. The van der Waals surface area contributed by atoms with Crippen molar-refractivity contribution in [2.24, 2.45) is 4.99 Å². The second kappa shape index (κ2) is 11.9. The number of amides is 4. The van der Waals surface area contributed by atoms with Gasteiger partial charge < -0.3 is 24.7 Å². The minimum atomic E-state index is -0.823. The lowest BCUT2D eigenvalue weighted by Crippen LogP contribution is -2.50. The average Bonchev–Trinajstić information content (AvgIpc) is 3.62. The molecule has 4 amide bonds. The van der Waals surface area contributed by atoms with Gasteiger partial charge >= 0.3 is 23.7 Å². The predicted octanol–water partition coefficient (Wildman–Crippen LogP) is 0.332. The Kier molecular flexibility index (Phi) is 8.22. The second-order valence-electron chi connectivity index (χ2n) is 10.5. The lowest BCUT2D eigenvalue weighted by atomic mass is 10.1. The highest BCUT2D eigenvalue weighted by Crippen LogP contribution is 2.31. The number of fused-ring (bicyclic) bond motifs is 1. The highest BCUT2D eigenvalue weighted by atomic mass is 32.1. The fraction of sp³-hybridized carbons (Fsp3) is 0.357. The molecule has 3 aliphatic heterocycles. The summed E-state index contributed by atoms with van der Waals surface area (Å²) in [4.78, 5) is 67.9. The quantitative estimate of drug-likeness (QED) is 0.366. The molecule has 0 radical (unpaired) electrons. The van der Waals surface area contributed by atoms with E-state index in [4.69, 9.17) is 0 Å². The lowest BCUT2D eigenvalue weighted by molar-refractivity contribution is -0.337. The molecule has 224 valence electrons. The SMILES string of the molecule is CN1CCN(C(=O)CN2C=C=[N+]3C(=O)C(O)=C(c4ncc(Cc5ccc(F)cc5N(C)C(=O)C(=O)N(C)C)s4)N=C23)CC1. The number of aliphatic hydroxyl groups excluding tert-OH is 1. The minimum absolute atomic E-state index is 0.0492. The van der Waals surface area contributed by atoms with Gasteiger partial charge in [-0.05, 0) is 24.7 Å². The van der Waals surface area contributed by atoms with Crippen LogP contribution in [0, 0.1) is 5.82 Å². The Hall–Kier alpha value is -4.72. The number of aromatic nitrogens is 1. The average molecular weight is 610 g/mol. The van der Waals surface area contributed by atoms with Crippen LogP contribution in [0.25, 0.3) is 5.70 Å². The topological polar surface area (TPSA) is 133 Å². The molecule has 1 aromatic heterocycles. The number of aliphatic hydroxyl groups is 1. The first kappa shape index (κ1) is 29.8. The molecule has 43 heavy (non-hydrogen) atoms. The van der Waals surface area contributed by atoms with Gasteiger partial charge in [-0.1, -0.05) is 11.1 Å². The third-order valence-electron chi connectivity index (χ3n) is 7.23. The number of hydrogen-bond acceptors (Lipinski definition) is 10. The molecule has 4 heterocycles. The van der Waals surface area contributed by atoms with Crippen LogP contribution < -0.4 is 4.90 Å². The van der Waals surface area contributed by atoms with E-state index in [1.165, 1.54) is 56.6 Å². The van der Waals surface area contributed by atoms with E-state index in [0.29, 0.717) is 23.5 Å². The van der Waals surface area contributed by atoms with Crippen LogP contribution in [0.1, 0.15) is 15.4 Å². The Labute approximate surface area is 250 Å². The summed E-state index contributed by atoms with van der Waals surface area (Å²) in [6.07, 6.45) is 3.20. The molecule has 13 nitrogen and oxygen atoms in total. The van der Waals surface area contributed by atoms with E-state index in [0.717, 1.165) is 38.8 Å². The number of rotatable bonds is 6. The summed E-state index contributed by atoms with van der Waals surface area (Å²) in [5, 5.41) is 11.0. The first-order valence-corrected chi connectivity index (χ1v) is 14.2. The summed E-state index contributed by atoms with van der Waals surface area (Å²) in [7, 11) is 6.29. The molecule has 15 heteroatoms. The number of piperazine rings is 1. The monoisotopic (exact) mass is 609 g/mol. The standard InChI is InChI=1S/C28H29FN8O5S/c1-32(2)26(41)27(42)34(4)20-14-18(29)6-5-17(20)13-19-15-30-24(43-19)22-23(39)25(40)37-12-11-36(28(37)31-22)16-21(38)35-9-7-33(3)8-10-35/h5-6,11,14-15H,7-10,13,16H2,1-4H3/p+1. The maximum Gasteiger partial charge on any atom is 0.416 e. The molecule has 2 aromatic rings. The third-order valence-corrected chi connectivity index (χ3v) is 8.23. The molecule has 1 N–H and O–H groups in total. The van der Waals surface area contributed by atoms with Crippen molar-refractivity contribution < 1.29 is 33.3 Å². The number of likely N-dealkylation sites (N-methyl/N-ethyl adjacent to an activating group) is 3. The zero-order valence-electron chi connectivity index (χ0n) is 24.1. The zero-order valence-corrected chi connectivity index (χ0v) is 24.9. The molecular formula is C28H30FN8O5S+. The van der Waals surface area contributed by atoms with Crippen LogP contribution in [0.5, 0.6) is 0 Å². The number of carbonyl (C=O) groups is 4. The molecular weight excluding hydrogens is 579 g/mol. The Morgan fingerprint density at radius 1 is 1.14 bits per heavy atom. The van der Waals surface area contributed by atoms with Crippen LogP contribution in [0.2, 0.25) is 0 Å². The number of halogens is 1. The molecule has 3 aliphatic rings. The third kappa shape index (κ3) is 5.95. The highest BCUT2D eigenvalue weighted by Gasteiger charge is 2.42. The number of aliphatic imine (C=N–C) groups is 1. The van der Waals surface area contributed by atoms with Gasteiger partial charge in [0.25, 0.3) is 5.91 Å². The molecule has 1 aromatic carbocycles. The fourth-order valence-electron chi connectivity index (χ4n) is 4.69. The van der Waals surface area contributed by atoms with Crippen LogP contribution in [-0.2, 0) is 25.6 Å². The summed E-state index contributed by atoms with van der Waals surface area (Å²) < 4.78 is 15.2. The zero-order chi connectivity index (χ0) is 31.0.